The third-order valence-electron chi connectivity index (χ3n) is 1.39. The van der Waals surface area contributed by atoms with Crippen LogP contribution in [0, 0.1) is 0 Å². The number of amides is 2. The average Bonchev–Trinajstić information content (AvgIpc) is 2.44. The lowest BCUT2D eigenvalue weighted by atomic mass is 10.3. The summed E-state index contributed by atoms with van der Waals surface area (Å²) in [6.07, 6.45) is 4.61. The Balaban J connectivity index is 2.92. The van der Waals surface area contributed by atoms with Gasteiger partial charge in [0.15, 0.2) is 0 Å². The number of imide groups is 1. The van der Waals surface area contributed by atoms with Gasteiger partial charge < -0.3 is 0 Å². The van der Waals surface area contributed by atoms with E-state index in [1.165, 1.54) is 12.2 Å². The first-order chi connectivity index (χ1) is 6.67. The van der Waals surface area contributed by atoms with E-state index in [1.807, 2.05) is 0 Å². The van der Waals surface area contributed by atoms with E-state index >= 15 is 0 Å². The minimum atomic E-state index is -0.404. The number of carbonyl (C=O) groups is 2. The SMILES string of the molecule is C=CC=C(C=C1SC(=O)NC1=O)N=C. The summed E-state index contributed by atoms with van der Waals surface area (Å²) in [4.78, 5) is 25.9. The summed E-state index contributed by atoms with van der Waals surface area (Å²) < 4.78 is 0. The highest BCUT2D eigenvalue weighted by Gasteiger charge is 2.24. The van der Waals surface area contributed by atoms with Crippen LogP contribution in [-0.4, -0.2) is 17.9 Å². The molecule has 0 unspecified atom stereocenters. The zero-order chi connectivity index (χ0) is 10.6. The fraction of sp³-hybridized carbons (Fsp3) is 0. The summed E-state index contributed by atoms with van der Waals surface area (Å²) in [7, 11) is 0. The van der Waals surface area contributed by atoms with Crippen molar-refractivity contribution in [2.45, 2.75) is 0 Å². The van der Waals surface area contributed by atoms with E-state index in [1.54, 1.807) is 6.08 Å². The van der Waals surface area contributed by atoms with Crippen LogP contribution in [0.2, 0.25) is 0 Å². The van der Waals surface area contributed by atoms with Crippen molar-refractivity contribution in [2.75, 3.05) is 0 Å². The number of aliphatic imine (C=N–C) groups is 1. The molecule has 0 aromatic carbocycles. The van der Waals surface area contributed by atoms with Gasteiger partial charge in [-0.1, -0.05) is 12.7 Å². The van der Waals surface area contributed by atoms with Crippen molar-refractivity contribution < 1.29 is 9.59 Å². The van der Waals surface area contributed by atoms with Crippen molar-refractivity contribution in [2.24, 2.45) is 4.99 Å². The Kier molecular flexibility index (Phi) is 3.41. The van der Waals surface area contributed by atoms with Crippen molar-refractivity contribution in [1.82, 2.24) is 5.32 Å². The van der Waals surface area contributed by atoms with Crippen molar-refractivity contribution in [3.8, 4) is 0 Å². The molecule has 0 aromatic heterocycles. The van der Waals surface area contributed by atoms with Gasteiger partial charge in [0.1, 0.15) is 0 Å². The summed E-state index contributed by atoms with van der Waals surface area (Å²) in [6.45, 7) is 6.82. The standard InChI is InChI=1S/C9H8N2O2S/c1-3-4-6(10-2)5-7-8(12)11-9(13)14-7/h3-5H,1-2H2,(H,11,12,13). The number of carbonyl (C=O) groups excluding carboxylic acids is 2. The fourth-order valence-corrected chi connectivity index (χ4v) is 1.49. The first-order valence-corrected chi connectivity index (χ1v) is 4.53. The topological polar surface area (TPSA) is 58.5 Å². The summed E-state index contributed by atoms with van der Waals surface area (Å²) >= 11 is 0.842. The highest BCUT2D eigenvalue weighted by molar-refractivity contribution is 8.18. The Morgan fingerprint density at radius 1 is 1.50 bits per heavy atom. The third-order valence-corrected chi connectivity index (χ3v) is 2.20. The normalized spacial score (nSPS) is 19.7. The molecule has 1 heterocycles. The summed E-state index contributed by atoms with van der Waals surface area (Å²) in [5.74, 6) is -0.404. The molecule has 0 bridgehead atoms. The summed E-state index contributed by atoms with van der Waals surface area (Å²) in [6, 6.07) is 0. The molecule has 0 radical (unpaired) electrons. The van der Waals surface area contributed by atoms with Crippen molar-refractivity contribution in [1.29, 1.82) is 0 Å². The second kappa shape index (κ2) is 4.57. The molecule has 0 aromatic rings. The molecular formula is C9H8N2O2S. The van der Waals surface area contributed by atoms with Gasteiger partial charge >= 0.3 is 0 Å². The van der Waals surface area contributed by atoms with Crippen LogP contribution in [-0.2, 0) is 4.79 Å². The number of nitrogens with zero attached hydrogens (tertiary/aromatic N) is 1. The van der Waals surface area contributed by atoms with Gasteiger partial charge in [-0.2, -0.15) is 0 Å². The van der Waals surface area contributed by atoms with Crippen LogP contribution >= 0.6 is 11.8 Å². The quantitative estimate of drug-likeness (QED) is 0.435. The Labute approximate surface area is 85.5 Å². The number of hydrogen-bond acceptors (Lipinski definition) is 4. The molecule has 4 nitrogen and oxygen atoms in total. The maximum atomic E-state index is 11.1. The van der Waals surface area contributed by atoms with Crippen LogP contribution in [0.15, 0.2) is 40.4 Å². The van der Waals surface area contributed by atoms with Crippen LogP contribution in [0.3, 0.4) is 0 Å². The van der Waals surface area contributed by atoms with Crippen molar-refractivity contribution in [3.63, 3.8) is 0 Å². The molecule has 2 amide bonds. The van der Waals surface area contributed by atoms with Gasteiger partial charge in [-0.25, -0.2) is 0 Å². The lowest BCUT2D eigenvalue weighted by Crippen LogP contribution is -2.17. The van der Waals surface area contributed by atoms with E-state index in [0.717, 1.165) is 11.8 Å². The highest BCUT2D eigenvalue weighted by Crippen LogP contribution is 2.24. The average molecular weight is 208 g/mol. The largest absolute Gasteiger partial charge is 0.290 e. The minimum absolute atomic E-state index is 0.315. The Morgan fingerprint density at radius 3 is 2.64 bits per heavy atom. The molecule has 1 rings (SSSR count). The van der Waals surface area contributed by atoms with Gasteiger partial charge in [-0.05, 0) is 30.6 Å². The first-order valence-electron chi connectivity index (χ1n) is 3.71. The zero-order valence-corrected chi connectivity index (χ0v) is 8.13. The monoisotopic (exact) mass is 208 g/mol. The Morgan fingerprint density at radius 2 is 2.21 bits per heavy atom. The maximum Gasteiger partial charge on any atom is 0.290 e. The molecule has 0 atom stereocenters. The van der Waals surface area contributed by atoms with E-state index in [-0.39, 0.29) is 5.24 Å². The number of rotatable bonds is 3. The lowest BCUT2D eigenvalue weighted by molar-refractivity contribution is -0.115. The maximum absolute atomic E-state index is 11.1. The highest BCUT2D eigenvalue weighted by atomic mass is 32.2. The van der Waals surface area contributed by atoms with Gasteiger partial charge in [0.2, 0.25) is 0 Å². The molecule has 1 saturated heterocycles. The van der Waals surface area contributed by atoms with Crippen molar-refractivity contribution in [3.05, 3.63) is 35.4 Å². The molecule has 1 aliphatic rings. The van der Waals surface area contributed by atoms with Crippen LogP contribution < -0.4 is 5.32 Å². The molecule has 0 aliphatic carbocycles. The number of hydrogen-bond donors (Lipinski definition) is 1. The van der Waals surface area contributed by atoms with E-state index in [0.29, 0.717) is 10.6 Å². The van der Waals surface area contributed by atoms with Gasteiger partial charge in [0, 0.05) is 0 Å². The summed E-state index contributed by atoms with van der Waals surface area (Å²) in [5, 5.41) is 1.77. The minimum Gasteiger partial charge on any atom is -0.282 e. The third kappa shape index (κ3) is 2.43. The first kappa shape index (κ1) is 10.5. The second-order valence-electron chi connectivity index (χ2n) is 2.34. The molecule has 0 saturated carbocycles. The Hall–Kier alpha value is -1.62. The lowest BCUT2D eigenvalue weighted by Gasteiger charge is -1.92. The molecule has 1 N–H and O–H groups in total. The second-order valence-corrected chi connectivity index (χ2v) is 3.35. The molecule has 5 heteroatoms. The van der Waals surface area contributed by atoms with E-state index in [9.17, 15) is 9.59 Å². The predicted molar refractivity (Wildman–Crippen MR) is 57.0 cm³/mol. The molecule has 1 aliphatic heterocycles. The van der Waals surface area contributed by atoms with Crippen molar-refractivity contribution >= 4 is 29.6 Å². The molecule has 72 valence electrons. The van der Waals surface area contributed by atoms with Crippen LogP contribution in [0.5, 0.6) is 0 Å². The fourth-order valence-electron chi connectivity index (χ4n) is 0.823. The van der Waals surface area contributed by atoms with Crippen LogP contribution in [0.4, 0.5) is 4.79 Å². The molecule has 1 fully saturated rings. The Bertz CT molecular complexity index is 369. The van der Waals surface area contributed by atoms with E-state index < -0.39 is 5.91 Å². The van der Waals surface area contributed by atoms with Gasteiger partial charge in [-0.3, -0.25) is 19.9 Å². The van der Waals surface area contributed by atoms with Crippen LogP contribution in [0.1, 0.15) is 0 Å². The predicted octanol–water partition coefficient (Wildman–Crippen LogP) is 1.62. The number of allylic oxidation sites excluding steroid dienone is 3. The smallest absolute Gasteiger partial charge is 0.282 e. The van der Waals surface area contributed by atoms with E-state index in [4.69, 9.17) is 0 Å². The molecular weight excluding hydrogens is 200 g/mol. The molecule has 0 spiro atoms. The number of nitrogens with one attached hydrogen (secondary N) is 1. The van der Waals surface area contributed by atoms with E-state index in [2.05, 4.69) is 23.6 Å². The summed E-state index contributed by atoms with van der Waals surface area (Å²) in [5.41, 5.74) is 0.493. The van der Waals surface area contributed by atoms with Gasteiger partial charge in [-0.15, -0.1) is 0 Å². The van der Waals surface area contributed by atoms with Gasteiger partial charge in [0.25, 0.3) is 11.1 Å². The zero-order valence-electron chi connectivity index (χ0n) is 7.32. The molecule has 14 heavy (non-hydrogen) atoms. The van der Waals surface area contributed by atoms with Crippen LogP contribution in [0.25, 0.3) is 0 Å². The number of thioether (sulfide) groups is 1. The van der Waals surface area contributed by atoms with Gasteiger partial charge in [0.05, 0.1) is 10.6 Å².